The molecular formula is C22H25N3O3. The van der Waals surface area contributed by atoms with E-state index in [1.54, 1.807) is 18.2 Å². The van der Waals surface area contributed by atoms with Gasteiger partial charge in [0.25, 0.3) is 5.91 Å². The highest BCUT2D eigenvalue weighted by atomic mass is 16.2. The minimum Gasteiger partial charge on any atom is -0.348 e. The molecule has 0 radical (unpaired) electrons. The van der Waals surface area contributed by atoms with E-state index in [2.05, 4.69) is 16.0 Å². The molecule has 1 saturated carbocycles. The molecule has 0 atom stereocenters. The van der Waals surface area contributed by atoms with Gasteiger partial charge in [-0.1, -0.05) is 24.6 Å². The molecule has 0 unspecified atom stereocenters. The van der Waals surface area contributed by atoms with Crippen molar-refractivity contribution in [1.29, 1.82) is 0 Å². The third kappa shape index (κ3) is 4.97. The Morgan fingerprint density at radius 3 is 2.50 bits per heavy atom. The molecule has 0 aromatic heterocycles. The van der Waals surface area contributed by atoms with Crippen molar-refractivity contribution in [3.63, 3.8) is 0 Å². The van der Waals surface area contributed by atoms with E-state index >= 15 is 0 Å². The van der Waals surface area contributed by atoms with Gasteiger partial charge in [-0.15, -0.1) is 0 Å². The van der Waals surface area contributed by atoms with Gasteiger partial charge >= 0.3 is 0 Å². The molecule has 0 bridgehead atoms. The van der Waals surface area contributed by atoms with Crippen LogP contribution in [0.15, 0.2) is 42.5 Å². The zero-order valence-electron chi connectivity index (χ0n) is 16.2. The highest BCUT2D eigenvalue weighted by Gasteiger charge is 2.25. The molecule has 2 aromatic rings. The van der Waals surface area contributed by atoms with Crippen molar-refractivity contribution in [2.45, 2.75) is 39.7 Å². The fraction of sp³-hybridized carbons (Fsp3) is 0.318. The molecule has 3 N–H and O–H groups in total. The highest BCUT2D eigenvalue weighted by molar-refractivity contribution is 5.97. The topological polar surface area (TPSA) is 87.3 Å². The number of aryl methyl sites for hydroxylation is 1. The van der Waals surface area contributed by atoms with Crippen LogP contribution < -0.4 is 16.0 Å². The summed E-state index contributed by atoms with van der Waals surface area (Å²) in [6.07, 6.45) is 3.03. The van der Waals surface area contributed by atoms with Crippen LogP contribution in [0.1, 0.15) is 47.7 Å². The first kappa shape index (κ1) is 19.6. The number of nitrogens with one attached hydrogen (secondary N) is 3. The van der Waals surface area contributed by atoms with Crippen LogP contribution in [-0.4, -0.2) is 17.7 Å². The number of benzene rings is 2. The predicted molar refractivity (Wildman–Crippen MR) is 109 cm³/mol. The number of rotatable bonds is 6. The van der Waals surface area contributed by atoms with Crippen molar-refractivity contribution in [3.8, 4) is 0 Å². The van der Waals surface area contributed by atoms with Gasteiger partial charge in [0.1, 0.15) is 0 Å². The van der Waals surface area contributed by atoms with E-state index in [1.807, 2.05) is 31.2 Å². The maximum absolute atomic E-state index is 12.5. The van der Waals surface area contributed by atoms with Gasteiger partial charge < -0.3 is 16.0 Å². The zero-order chi connectivity index (χ0) is 20.1. The lowest BCUT2D eigenvalue weighted by Crippen LogP contribution is -2.28. The number of carbonyl (C=O) groups excluding carboxylic acids is 3. The van der Waals surface area contributed by atoms with Crippen LogP contribution in [0.4, 0.5) is 11.4 Å². The molecule has 0 spiro atoms. The van der Waals surface area contributed by atoms with Gasteiger partial charge in [0.15, 0.2) is 0 Å². The Kier molecular flexibility index (Phi) is 6.09. The van der Waals surface area contributed by atoms with Crippen LogP contribution in [0.2, 0.25) is 0 Å². The van der Waals surface area contributed by atoms with Gasteiger partial charge in [0.05, 0.1) is 0 Å². The summed E-state index contributed by atoms with van der Waals surface area (Å²) in [5.41, 5.74) is 3.63. The minimum atomic E-state index is -0.226. The van der Waals surface area contributed by atoms with Crippen molar-refractivity contribution in [2.24, 2.45) is 5.92 Å². The summed E-state index contributed by atoms with van der Waals surface area (Å²) >= 11 is 0. The molecule has 3 amide bonds. The van der Waals surface area contributed by atoms with Crippen LogP contribution in [0.25, 0.3) is 0 Å². The number of hydrogen-bond acceptors (Lipinski definition) is 3. The lowest BCUT2D eigenvalue weighted by molar-refractivity contribution is -0.122. The molecule has 1 aliphatic rings. The van der Waals surface area contributed by atoms with E-state index in [-0.39, 0.29) is 23.6 Å². The van der Waals surface area contributed by atoms with Crippen molar-refractivity contribution >= 4 is 29.1 Å². The average Bonchev–Trinajstić information content (AvgIpc) is 2.60. The summed E-state index contributed by atoms with van der Waals surface area (Å²) < 4.78 is 0. The monoisotopic (exact) mass is 379 g/mol. The molecule has 0 saturated heterocycles. The van der Waals surface area contributed by atoms with E-state index in [9.17, 15) is 14.4 Å². The van der Waals surface area contributed by atoms with Crippen LogP contribution in [0, 0.1) is 12.8 Å². The Bertz CT molecular complexity index is 904. The van der Waals surface area contributed by atoms with Crippen LogP contribution in [-0.2, 0) is 16.1 Å². The second kappa shape index (κ2) is 8.69. The maximum atomic E-state index is 12.5. The molecule has 0 heterocycles. The highest BCUT2D eigenvalue weighted by Crippen LogP contribution is 2.27. The molecule has 1 fully saturated rings. The smallest absolute Gasteiger partial charge is 0.251 e. The van der Waals surface area contributed by atoms with Crippen molar-refractivity contribution in [3.05, 3.63) is 59.2 Å². The van der Waals surface area contributed by atoms with Crippen molar-refractivity contribution in [2.75, 3.05) is 10.6 Å². The van der Waals surface area contributed by atoms with Gasteiger partial charge in [-0.2, -0.15) is 0 Å². The second-order valence-electron chi connectivity index (χ2n) is 7.21. The molecule has 2 aromatic carbocycles. The third-order valence-electron chi connectivity index (χ3n) is 4.93. The molecule has 6 heteroatoms. The van der Waals surface area contributed by atoms with E-state index in [4.69, 9.17) is 0 Å². The van der Waals surface area contributed by atoms with Crippen LogP contribution in [0.3, 0.4) is 0 Å². The van der Waals surface area contributed by atoms with Crippen molar-refractivity contribution in [1.82, 2.24) is 5.32 Å². The van der Waals surface area contributed by atoms with Crippen LogP contribution >= 0.6 is 0 Å². The average molecular weight is 379 g/mol. The van der Waals surface area contributed by atoms with E-state index in [0.717, 1.165) is 36.1 Å². The molecule has 1 aliphatic carbocycles. The van der Waals surface area contributed by atoms with Gasteiger partial charge in [-0.3, -0.25) is 14.4 Å². The molecule has 146 valence electrons. The summed E-state index contributed by atoms with van der Waals surface area (Å²) in [5.74, 6) is -0.211. The summed E-state index contributed by atoms with van der Waals surface area (Å²) in [6.45, 7) is 3.65. The molecule has 0 aliphatic heterocycles. The summed E-state index contributed by atoms with van der Waals surface area (Å²) in [4.78, 5) is 35.8. The second-order valence-corrected chi connectivity index (χ2v) is 7.21. The molecule has 6 nitrogen and oxygen atoms in total. The number of carbonyl (C=O) groups is 3. The number of anilines is 2. The van der Waals surface area contributed by atoms with E-state index in [0.29, 0.717) is 17.8 Å². The first-order valence-electron chi connectivity index (χ1n) is 9.48. The fourth-order valence-electron chi connectivity index (χ4n) is 3.05. The lowest BCUT2D eigenvalue weighted by atomic mass is 9.85. The Labute approximate surface area is 164 Å². The van der Waals surface area contributed by atoms with E-state index < -0.39 is 0 Å². The van der Waals surface area contributed by atoms with E-state index in [1.165, 1.54) is 6.92 Å². The number of amides is 3. The Hall–Kier alpha value is -3.15. The van der Waals surface area contributed by atoms with Gasteiger partial charge in [0, 0.05) is 36.3 Å². The van der Waals surface area contributed by atoms with Crippen molar-refractivity contribution < 1.29 is 14.4 Å². The maximum Gasteiger partial charge on any atom is 0.251 e. The normalized spacial score (nSPS) is 13.4. The Balaban J connectivity index is 1.60. The lowest BCUT2D eigenvalue weighted by Gasteiger charge is -2.24. The first-order chi connectivity index (χ1) is 13.4. The summed E-state index contributed by atoms with van der Waals surface area (Å²) in [6, 6.07) is 12.7. The molecule has 3 rings (SSSR count). The number of hydrogen-bond donors (Lipinski definition) is 3. The first-order valence-corrected chi connectivity index (χ1v) is 9.48. The molecule has 28 heavy (non-hydrogen) atoms. The standard InChI is InChI=1S/C22H25N3O3/c1-14-9-10-18(12-20(14)24-15(2)26)21(27)23-13-16-5-3-8-19(11-16)25-22(28)17-6-4-7-17/h3,5,8-12,17H,4,6-7,13H2,1-2H3,(H,23,27)(H,24,26)(H,25,28). The van der Waals surface area contributed by atoms with Gasteiger partial charge in [-0.25, -0.2) is 0 Å². The third-order valence-corrected chi connectivity index (χ3v) is 4.93. The summed E-state index contributed by atoms with van der Waals surface area (Å²) in [5, 5.41) is 8.55. The van der Waals surface area contributed by atoms with Gasteiger partial charge in [0.2, 0.25) is 11.8 Å². The quantitative estimate of drug-likeness (QED) is 0.716. The fourth-order valence-corrected chi connectivity index (χ4v) is 3.05. The Morgan fingerprint density at radius 1 is 1.04 bits per heavy atom. The zero-order valence-corrected chi connectivity index (χ0v) is 16.2. The molecular weight excluding hydrogens is 354 g/mol. The minimum absolute atomic E-state index is 0.0672. The Morgan fingerprint density at radius 2 is 1.82 bits per heavy atom. The van der Waals surface area contributed by atoms with Crippen LogP contribution in [0.5, 0.6) is 0 Å². The SMILES string of the molecule is CC(=O)Nc1cc(C(=O)NCc2cccc(NC(=O)C3CCC3)c2)ccc1C. The summed E-state index contributed by atoms with van der Waals surface area (Å²) in [7, 11) is 0. The van der Waals surface area contributed by atoms with Gasteiger partial charge in [-0.05, 0) is 55.2 Å². The predicted octanol–water partition coefficient (Wildman–Crippen LogP) is 3.62. The largest absolute Gasteiger partial charge is 0.348 e.